The third-order valence-electron chi connectivity index (χ3n) is 5.27. The number of pyridine rings is 1. The summed E-state index contributed by atoms with van der Waals surface area (Å²) in [5.41, 5.74) is 5.39. The molecule has 0 spiro atoms. The number of aliphatic hydroxyl groups excluding tert-OH is 1. The molecule has 30 heavy (non-hydrogen) atoms. The van der Waals surface area contributed by atoms with E-state index in [0.717, 1.165) is 47.0 Å². The van der Waals surface area contributed by atoms with Crippen LogP contribution in [0.5, 0.6) is 0 Å². The van der Waals surface area contributed by atoms with Crippen molar-refractivity contribution in [2.24, 2.45) is 5.92 Å². The summed E-state index contributed by atoms with van der Waals surface area (Å²) in [6.45, 7) is 10.2. The quantitative estimate of drug-likeness (QED) is 0.388. The number of rotatable bonds is 1. The minimum Gasteiger partial charge on any atom is -0.400 e. The van der Waals surface area contributed by atoms with Gasteiger partial charge in [0.1, 0.15) is 0 Å². The molecule has 1 saturated heterocycles. The van der Waals surface area contributed by atoms with Gasteiger partial charge in [-0.2, -0.15) is 0 Å². The Morgan fingerprint density at radius 2 is 1.57 bits per heavy atom. The van der Waals surface area contributed by atoms with Crippen LogP contribution in [0.25, 0.3) is 0 Å². The molecule has 1 fully saturated rings. The van der Waals surface area contributed by atoms with E-state index in [0.29, 0.717) is 11.8 Å². The summed E-state index contributed by atoms with van der Waals surface area (Å²) < 4.78 is 2.19. The van der Waals surface area contributed by atoms with E-state index in [4.69, 9.17) is 21.7 Å². The van der Waals surface area contributed by atoms with Gasteiger partial charge in [-0.25, -0.2) is 0 Å². The van der Waals surface area contributed by atoms with Crippen molar-refractivity contribution in [1.82, 2.24) is 10.3 Å². The SMILES string of the molecule is CC.CC.CO.Clc1cc(Br)c2c(c1)CCc1cc(Br)cnc1C2C1CCNCC1. The van der Waals surface area contributed by atoms with E-state index < -0.39 is 0 Å². The molecule has 3 nitrogen and oxygen atoms in total. The van der Waals surface area contributed by atoms with Crippen molar-refractivity contribution in [1.29, 1.82) is 0 Å². The van der Waals surface area contributed by atoms with E-state index in [2.05, 4.69) is 49.3 Å². The van der Waals surface area contributed by atoms with Gasteiger partial charge >= 0.3 is 0 Å². The highest BCUT2D eigenvalue weighted by Crippen LogP contribution is 2.45. The van der Waals surface area contributed by atoms with Crippen LogP contribution < -0.4 is 5.32 Å². The van der Waals surface area contributed by atoms with Crippen LogP contribution in [-0.4, -0.2) is 30.3 Å². The number of fused-ring (bicyclic) bond motifs is 2. The molecule has 0 saturated carbocycles. The average molecular weight is 563 g/mol. The van der Waals surface area contributed by atoms with Gasteiger partial charge in [0, 0.05) is 33.2 Å². The maximum absolute atomic E-state index is 7.00. The first-order chi connectivity index (χ1) is 14.6. The molecule has 0 amide bonds. The zero-order chi connectivity index (χ0) is 22.7. The van der Waals surface area contributed by atoms with E-state index in [1.807, 2.05) is 40.0 Å². The molecule has 6 heteroatoms. The van der Waals surface area contributed by atoms with Gasteiger partial charge in [0.05, 0.1) is 5.69 Å². The molecule has 1 atom stereocenters. The second-order valence-corrected chi connectivity index (χ2v) is 8.93. The highest BCUT2D eigenvalue weighted by molar-refractivity contribution is 9.10. The number of benzene rings is 1. The van der Waals surface area contributed by atoms with E-state index in [1.54, 1.807) is 0 Å². The smallest absolute Gasteiger partial charge is 0.0514 e. The van der Waals surface area contributed by atoms with Gasteiger partial charge in [-0.1, -0.05) is 55.2 Å². The third kappa shape index (κ3) is 6.77. The van der Waals surface area contributed by atoms with Crippen molar-refractivity contribution in [3.8, 4) is 0 Å². The molecule has 1 unspecified atom stereocenters. The predicted molar refractivity (Wildman–Crippen MR) is 137 cm³/mol. The van der Waals surface area contributed by atoms with Crippen LogP contribution in [0, 0.1) is 5.92 Å². The maximum atomic E-state index is 7.00. The summed E-state index contributed by atoms with van der Waals surface area (Å²) in [7, 11) is 1.00. The fraction of sp³-hybridized carbons (Fsp3) is 0.542. The van der Waals surface area contributed by atoms with Crippen LogP contribution in [0.1, 0.15) is 68.8 Å². The molecular formula is C24H35Br2ClN2O. The number of nitrogens with zero attached hydrogens (tertiary/aromatic N) is 1. The minimum absolute atomic E-state index is 0.347. The fourth-order valence-corrected chi connectivity index (χ4v) is 5.71. The van der Waals surface area contributed by atoms with Crippen molar-refractivity contribution in [2.45, 2.75) is 59.3 Å². The van der Waals surface area contributed by atoms with Gasteiger partial charge in [0.15, 0.2) is 0 Å². The molecule has 2 N–H and O–H groups in total. The Morgan fingerprint density at radius 1 is 0.967 bits per heavy atom. The second-order valence-electron chi connectivity index (χ2n) is 6.72. The van der Waals surface area contributed by atoms with Crippen molar-refractivity contribution in [2.75, 3.05) is 20.2 Å². The zero-order valence-corrected chi connectivity index (χ0v) is 22.7. The third-order valence-corrected chi connectivity index (χ3v) is 6.58. The van der Waals surface area contributed by atoms with Crippen molar-refractivity contribution in [3.05, 3.63) is 60.7 Å². The van der Waals surface area contributed by atoms with Crippen LogP contribution in [0.4, 0.5) is 0 Å². The number of piperidine rings is 1. The van der Waals surface area contributed by atoms with Crippen LogP contribution in [0.15, 0.2) is 33.3 Å². The molecule has 2 aromatic rings. The predicted octanol–water partition coefficient (Wildman–Crippen LogP) is 7.15. The summed E-state index contributed by atoms with van der Waals surface area (Å²) in [5.74, 6) is 0.965. The lowest BCUT2D eigenvalue weighted by atomic mass is 9.77. The second kappa shape index (κ2) is 14.6. The topological polar surface area (TPSA) is 45.2 Å². The van der Waals surface area contributed by atoms with Gasteiger partial charge in [-0.3, -0.25) is 4.98 Å². The highest BCUT2D eigenvalue weighted by atomic mass is 79.9. The Balaban J connectivity index is 0.000000691. The summed E-state index contributed by atoms with van der Waals surface area (Å²) >= 11 is 13.7. The molecule has 1 aromatic carbocycles. The summed E-state index contributed by atoms with van der Waals surface area (Å²) in [6.07, 6.45) is 6.36. The average Bonchev–Trinajstić information content (AvgIpc) is 2.95. The fourth-order valence-electron chi connectivity index (χ4n) is 4.21. The highest BCUT2D eigenvalue weighted by Gasteiger charge is 2.34. The van der Waals surface area contributed by atoms with E-state index in [-0.39, 0.29) is 0 Å². The molecule has 1 aromatic heterocycles. The van der Waals surface area contributed by atoms with E-state index in [1.165, 1.54) is 35.2 Å². The first-order valence-electron chi connectivity index (χ1n) is 10.9. The lowest BCUT2D eigenvalue weighted by Gasteiger charge is -2.32. The molecule has 2 heterocycles. The van der Waals surface area contributed by atoms with Crippen molar-refractivity contribution in [3.63, 3.8) is 0 Å². The summed E-state index contributed by atoms with van der Waals surface area (Å²) in [6, 6.07) is 6.44. The van der Waals surface area contributed by atoms with Gasteiger partial charge in [0.2, 0.25) is 0 Å². The Kier molecular flexibility index (Phi) is 13.4. The largest absolute Gasteiger partial charge is 0.400 e. The Bertz CT molecular complexity index is 780. The Morgan fingerprint density at radius 3 is 2.20 bits per heavy atom. The number of nitrogens with one attached hydrogen (secondary N) is 1. The monoisotopic (exact) mass is 560 g/mol. The Labute approximate surface area is 204 Å². The van der Waals surface area contributed by atoms with Crippen molar-refractivity contribution < 1.29 is 5.11 Å². The van der Waals surface area contributed by atoms with Crippen LogP contribution in [0.2, 0.25) is 5.02 Å². The molecule has 0 bridgehead atoms. The van der Waals surface area contributed by atoms with E-state index in [9.17, 15) is 0 Å². The maximum Gasteiger partial charge on any atom is 0.0514 e. The number of hydrogen-bond acceptors (Lipinski definition) is 3. The molecule has 2 aliphatic rings. The normalized spacial score (nSPS) is 17.4. The van der Waals surface area contributed by atoms with Gasteiger partial charge in [-0.15, -0.1) is 0 Å². The van der Waals surface area contributed by atoms with Crippen LogP contribution >= 0.6 is 43.5 Å². The standard InChI is InChI=1S/C19H19Br2ClN2.2C2H6.CH4O/c20-14-7-13-2-1-12-8-15(22)9-16(21)17(12)18(19(13)24-10-14)11-3-5-23-6-4-11;3*1-2/h7-11,18,23H,1-6H2;2*1-2H3;2H,1H3. The lowest BCUT2D eigenvalue weighted by Crippen LogP contribution is -2.32. The molecule has 168 valence electrons. The molecular weight excluding hydrogens is 528 g/mol. The first-order valence-corrected chi connectivity index (χ1v) is 12.9. The first kappa shape index (κ1) is 27.6. The molecule has 0 radical (unpaired) electrons. The Hall–Kier alpha value is -0.460. The molecule has 1 aliphatic heterocycles. The van der Waals surface area contributed by atoms with E-state index >= 15 is 0 Å². The number of aryl methyl sites for hydroxylation is 2. The minimum atomic E-state index is 0.347. The molecule has 1 aliphatic carbocycles. The zero-order valence-electron chi connectivity index (χ0n) is 18.7. The number of aromatic nitrogens is 1. The number of hydrogen-bond donors (Lipinski definition) is 2. The summed E-state index contributed by atoms with van der Waals surface area (Å²) in [4.78, 5) is 4.88. The van der Waals surface area contributed by atoms with Gasteiger partial charge in [-0.05, 0) is 95.5 Å². The van der Waals surface area contributed by atoms with Gasteiger partial charge < -0.3 is 10.4 Å². The lowest BCUT2D eigenvalue weighted by molar-refractivity contribution is 0.338. The molecule has 4 rings (SSSR count). The van der Waals surface area contributed by atoms with Gasteiger partial charge in [0.25, 0.3) is 0 Å². The van der Waals surface area contributed by atoms with Crippen LogP contribution in [0.3, 0.4) is 0 Å². The summed E-state index contributed by atoms with van der Waals surface area (Å²) in [5, 5.41) is 11.3. The number of aliphatic hydroxyl groups is 1. The van der Waals surface area contributed by atoms with Crippen molar-refractivity contribution >= 4 is 43.5 Å². The number of halogens is 3. The van der Waals surface area contributed by atoms with Crippen LogP contribution in [-0.2, 0) is 12.8 Å².